The van der Waals surface area contributed by atoms with Gasteiger partial charge in [-0.25, -0.2) is 0 Å². The molecule has 1 heterocycles. The Hall–Kier alpha value is -2.08. The number of hydrogen-bond donors (Lipinski definition) is 0. The Morgan fingerprint density at radius 1 is 1.23 bits per heavy atom. The molecule has 1 aliphatic heterocycles. The van der Waals surface area contributed by atoms with E-state index in [1.54, 1.807) is 0 Å². The molecule has 1 aromatic rings. The van der Waals surface area contributed by atoms with E-state index in [1.165, 1.54) is 10.5 Å². The average Bonchev–Trinajstić information content (AvgIpc) is 2.88. The number of carbonyl (C=O) groups is 2. The summed E-state index contributed by atoms with van der Waals surface area (Å²) in [6.07, 6.45) is 11.1. The zero-order valence-corrected chi connectivity index (χ0v) is 13.0. The van der Waals surface area contributed by atoms with Gasteiger partial charge in [-0.05, 0) is 31.2 Å². The fraction of sp³-hybridized carbons (Fsp3) is 0.474. The monoisotopic (exact) mass is 297 g/mol. The molecule has 1 fully saturated rings. The van der Waals surface area contributed by atoms with Crippen LogP contribution in [0.2, 0.25) is 0 Å². The van der Waals surface area contributed by atoms with E-state index < -0.39 is 0 Å². The molecular weight excluding hydrogens is 274 g/mol. The predicted octanol–water partition coefficient (Wildman–Crippen LogP) is 3.33. The zero-order chi connectivity index (χ0) is 15.8. The number of benzene rings is 1. The van der Waals surface area contributed by atoms with Gasteiger partial charge < -0.3 is 0 Å². The Balaban J connectivity index is 1.87. The topological polar surface area (TPSA) is 37.4 Å². The van der Waals surface area contributed by atoms with E-state index in [2.05, 4.69) is 5.92 Å². The number of nitrogens with zero attached hydrogens (tertiary/aromatic N) is 1. The van der Waals surface area contributed by atoms with Gasteiger partial charge >= 0.3 is 0 Å². The molecule has 2 amide bonds. The molecule has 1 aromatic carbocycles. The fourth-order valence-electron chi connectivity index (χ4n) is 2.97. The van der Waals surface area contributed by atoms with Crippen molar-refractivity contribution in [2.75, 3.05) is 0 Å². The number of hydrogen-bond acceptors (Lipinski definition) is 2. The highest BCUT2D eigenvalue weighted by Crippen LogP contribution is 2.24. The molecule has 0 bridgehead atoms. The van der Waals surface area contributed by atoms with Crippen molar-refractivity contribution >= 4 is 11.8 Å². The molecule has 1 atom stereocenters. The Labute approximate surface area is 132 Å². The third kappa shape index (κ3) is 4.46. The van der Waals surface area contributed by atoms with E-state index in [1.807, 2.05) is 30.3 Å². The van der Waals surface area contributed by atoms with Crippen LogP contribution >= 0.6 is 0 Å². The summed E-state index contributed by atoms with van der Waals surface area (Å²) in [5.41, 5.74) is 1.18. The van der Waals surface area contributed by atoms with E-state index in [0.717, 1.165) is 38.5 Å². The maximum atomic E-state index is 12.4. The maximum Gasteiger partial charge on any atom is 0.229 e. The highest BCUT2D eigenvalue weighted by molar-refractivity contribution is 5.97. The third-order valence-electron chi connectivity index (χ3n) is 4.12. The van der Waals surface area contributed by atoms with Crippen molar-refractivity contribution in [3.8, 4) is 12.3 Å². The van der Waals surface area contributed by atoms with Crippen molar-refractivity contribution in [3.05, 3.63) is 35.9 Å². The van der Waals surface area contributed by atoms with Crippen LogP contribution in [-0.4, -0.2) is 22.8 Å². The molecular formula is C19H23NO2. The maximum absolute atomic E-state index is 12.4. The van der Waals surface area contributed by atoms with Crippen LogP contribution in [0.25, 0.3) is 0 Å². The van der Waals surface area contributed by atoms with Crippen LogP contribution < -0.4 is 0 Å². The highest BCUT2D eigenvalue weighted by atomic mass is 16.2. The number of terminal acetylenes is 1. The quantitative estimate of drug-likeness (QED) is 0.572. The molecule has 0 unspecified atom stereocenters. The Morgan fingerprint density at radius 2 is 2.00 bits per heavy atom. The van der Waals surface area contributed by atoms with Gasteiger partial charge in [0, 0.05) is 25.3 Å². The Bertz CT molecular complexity index is 544. The van der Waals surface area contributed by atoms with Gasteiger partial charge in [-0.1, -0.05) is 36.8 Å². The summed E-state index contributed by atoms with van der Waals surface area (Å²) in [4.78, 5) is 25.9. The minimum Gasteiger partial charge on any atom is -0.279 e. The SMILES string of the molecule is C#CCCCCCC(=O)N1C(=O)CC[C@@H]1Cc1ccccc1. The van der Waals surface area contributed by atoms with Crippen molar-refractivity contribution < 1.29 is 9.59 Å². The van der Waals surface area contributed by atoms with Gasteiger partial charge in [0.25, 0.3) is 0 Å². The van der Waals surface area contributed by atoms with Crippen LogP contribution in [0, 0.1) is 12.3 Å². The van der Waals surface area contributed by atoms with Gasteiger partial charge in [-0.15, -0.1) is 12.3 Å². The fourth-order valence-corrected chi connectivity index (χ4v) is 2.97. The van der Waals surface area contributed by atoms with Crippen molar-refractivity contribution in [1.82, 2.24) is 4.90 Å². The summed E-state index contributed by atoms with van der Waals surface area (Å²) >= 11 is 0. The molecule has 3 nitrogen and oxygen atoms in total. The molecule has 0 spiro atoms. The number of likely N-dealkylation sites (tertiary alicyclic amines) is 1. The molecule has 3 heteroatoms. The summed E-state index contributed by atoms with van der Waals surface area (Å²) in [6.45, 7) is 0. The first-order chi connectivity index (χ1) is 10.7. The third-order valence-corrected chi connectivity index (χ3v) is 4.12. The molecule has 0 N–H and O–H groups in total. The summed E-state index contributed by atoms with van der Waals surface area (Å²) in [7, 11) is 0. The first-order valence-electron chi connectivity index (χ1n) is 8.04. The smallest absolute Gasteiger partial charge is 0.229 e. The molecule has 0 radical (unpaired) electrons. The largest absolute Gasteiger partial charge is 0.279 e. The molecule has 116 valence electrons. The molecule has 1 aliphatic rings. The average molecular weight is 297 g/mol. The van der Waals surface area contributed by atoms with Gasteiger partial charge in [0.15, 0.2) is 0 Å². The first kappa shape index (κ1) is 16.3. The molecule has 2 rings (SSSR count). The van der Waals surface area contributed by atoms with Crippen molar-refractivity contribution in [2.24, 2.45) is 0 Å². The number of carbonyl (C=O) groups excluding carboxylic acids is 2. The van der Waals surface area contributed by atoms with E-state index in [4.69, 9.17) is 6.42 Å². The van der Waals surface area contributed by atoms with Crippen molar-refractivity contribution in [3.63, 3.8) is 0 Å². The summed E-state index contributed by atoms with van der Waals surface area (Å²) in [5, 5.41) is 0. The van der Waals surface area contributed by atoms with E-state index >= 15 is 0 Å². The van der Waals surface area contributed by atoms with Crippen LogP contribution in [0.3, 0.4) is 0 Å². The number of amides is 2. The van der Waals surface area contributed by atoms with Gasteiger partial charge in [0.1, 0.15) is 0 Å². The molecule has 0 aromatic heterocycles. The summed E-state index contributed by atoms with van der Waals surface area (Å²) < 4.78 is 0. The molecule has 22 heavy (non-hydrogen) atoms. The zero-order valence-electron chi connectivity index (χ0n) is 13.0. The Kier molecular flexibility index (Phi) is 6.21. The molecule has 0 saturated carbocycles. The van der Waals surface area contributed by atoms with Crippen LogP contribution in [0.4, 0.5) is 0 Å². The minimum atomic E-state index is -0.0239. The van der Waals surface area contributed by atoms with Crippen LogP contribution in [0.1, 0.15) is 50.5 Å². The molecule has 0 aliphatic carbocycles. The second-order valence-corrected chi connectivity index (χ2v) is 5.80. The van der Waals surface area contributed by atoms with Gasteiger partial charge in [-0.3, -0.25) is 14.5 Å². The number of imide groups is 1. The van der Waals surface area contributed by atoms with Crippen molar-refractivity contribution in [1.29, 1.82) is 0 Å². The normalized spacial score (nSPS) is 17.5. The van der Waals surface area contributed by atoms with Crippen LogP contribution in [-0.2, 0) is 16.0 Å². The lowest BCUT2D eigenvalue weighted by molar-refractivity contribution is -0.143. The van der Waals surface area contributed by atoms with Crippen molar-refractivity contribution in [2.45, 2.75) is 57.4 Å². The minimum absolute atomic E-state index is 0.0189. The van der Waals surface area contributed by atoms with E-state index in [9.17, 15) is 9.59 Å². The highest BCUT2D eigenvalue weighted by Gasteiger charge is 2.35. The first-order valence-corrected chi connectivity index (χ1v) is 8.04. The van der Waals surface area contributed by atoms with E-state index in [-0.39, 0.29) is 17.9 Å². The summed E-state index contributed by atoms with van der Waals surface area (Å²) in [5.74, 6) is 2.56. The van der Waals surface area contributed by atoms with Crippen LogP contribution in [0.15, 0.2) is 30.3 Å². The lowest BCUT2D eigenvalue weighted by atomic mass is 10.0. The predicted molar refractivity (Wildman–Crippen MR) is 86.9 cm³/mol. The second-order valence-electron chi connectivity index (χ2n) is 5.80. The molecule has 1 saturated heterocycles. The lowest BCUT2D eigenvalue weighted by Gasteiger charge is -2.23. The summed E-state index contributed by atoms with van der Waals surface area (Å²) in [6, 6.07) is 10.1. The second kappa shape index (κ2) is 8.38. The van der Waals surface area contributed by atoms with Gasteiger partial charge in [-0.2, -0.15) is 0 Å². The number of rotatable bonds is 7. The standard InChI is InChI=1S/C19H23NO2/c1-2-3-4-5-9-12-18(21)20-17(13-14-19(20)22)15-16-10-7-6-8-11-16/h1,6-8,10-11,17H,3-5,9,12-15H2/t17-/m1/s1. The lowest BCUT2D eigenvalue weighted by Crippen LogP contribution is -2.39. The number of unbranched alkanes of at least 4 members (excludes halogenated alkanes) is 3. The van der Waals surface area contributed by atoms with Crippen LogP contribution in [0.5, 0.6) is 0 Å². The van der Waals surface area contributed by atoms with E-state index in [0.29, 0.717) is 12.8 Å². The Morgan fingerprint density at radius 3 is 2.73 bits per heavy atom. The van der Waals surface area contributed by atoms with Gasteiger partial charge in [0.05, 0.1) is 0 Å². The van der Waals surface area contributed by atoms with Gasteiger partial charge in [0.2, 0.25) is 11.8 Å².